The van der Waals surface area contributed by atoms with E-state index in [9.17, 15) is 9.90 Å². The number of ether oxygens (including phenoxy) is 2. The van der Waals surface area contributed by atoms with Crippen molar-refractivity contribution >= 4 is 32.7 Å². The summed E-state index contributed by atoms with van der Waals surface area (Å²) in [6.07, 6.45) is 0.505. The van der Waals surface area contributed by atoms with Crippen molar-refractivity contribution in [2.24, 2.45) is 0 Å². The fraction of sp³-hybridized carbons (Fsp3) is 0.467. The molecule has 0 spiro atoms. The first kappa shape index (κ1) is 13.5. The molecule has 0 unspecified atom stereocenters. The van der Waals surface area contributed by atoms with E-state index in [1.807, 2.05) is 12.1 Å². The highest BCUT2D eigenvalue weighted by Crippen LogP contribution is 2.39. The van der Waals surface area contributed by atoms with E-state index in [0.29, 0.717) is 18.3 Å². The molecular weight excluding hydrogens is 318 g/mol. The van der Waals surface area contributed by atoms with Crippen molar-refractivity contribution < 1.29 is 19.4 Å². The van der Waals surface area contributed by atoms with Gasteiger partial charge in [0.15, 0.2) is 5.13 Å². The number of carbonyl (C=O) groups excluding carboxylic acids is 1. The molecule has 23 heavy (non-hydrogen) atoms. The second-order valence-electron chi connectivity index (χ2n) is 5.95. The lowest BCUT2D eigenvalue weighted by atomic mass is 10.1. The Morgan fingerprint density at radius 2 is 2.39 bits per heavy atom. The molecule has 2 fully saturated rings. The number of rotatable bonds is 2. The van der Waals surface area contributed by atoms with Crippen molar-refractivity contribution in [3.63, 3.8) is 0 Å². The molecule has 4 heterocycles. The number of fused-ring (bicyclic) bond motifs is 4. The number of urea groups is 1. The maximum absolute atomic E-state index is 12.4. The summed E-state index contributed by atoms with van der Waals surface area (Å²) >= 11 is 1.50. The quantitative estimate of drug-likeness (QED) is 0.853. The predicted octanol–water partition coefficient (Wildman–Crippen LogP) is 0.889. The predicted molar refractivity (Wildman–Crippen MR) is 84.2 cm³/mol. The van der Waals surface area contributed by atoms with Gasteiger partial charge in [0.2, 0.25) is 0 Å². The number of hydrogen-bond donors (Lipinski definition) is 2. The Morgan fingerprint density at radius 1 is 1.48 bits per heavy atom. The van der Waals surface area contributed by atoms with Crippen LogP contribution in [0.4, 0.5) is 9.93 Å². The number of amides is 2. The van der Waals surface area contributed by atoms with Gasteiger partial charge < -0.3 is 19.9 Å². The van der Waals surface area contributed by atoms with Gasteiger partial charge in [0.25, 0.3) is 0 Å². The van der Waals surface area contributed by atoms with Crippen molar-refractivity contribution in [1.82, 2.24) is 10.3 Å². The molecule has 2 saturated heterocycles. The average molecular weight is 333 g/mol. The molecule has 0 radical (unpaired) electrons. The number of aliphatic hydroxyl groups excluding tert-OH is 1. The maximum Gasteiger partial charge on any atom is 0.324 e. The van der Waals surface area contributed by atoms with Gasteiger partial charge in [-0.1, -0.05) is 11.3 Å². The summed E-state index contributed by atoms with van der Waals surface area (Å²) in [7, 11) is 0. The SMILES string of the molecule is O=C1N[C@@H]2[C@@H](CO[C@@H]2CO)N1c1nc2c3c(ccc2s1)OCC3. The van der Waals surface area contributed by atoms with Gasteiger partial charge in [-0.05, 0) is 12.1 Å². The van der Waals surface area contributed by atoms with E-state index in [-0.39, 0.29) is 30.8 Å². The van der Waals surface area contributed by atoms with Gasteiger partial charge in [-0.25, -0.2) is 9.78 Å². The van der Waals surface area contributed by atoms with Crippen LogP contribution in [-0.4, -0.2) is 54.1 Å². The molecule has 3 aliphatic rings. The molecule has 3 aliphatic heterocycles. The lowest BCUT2D eigenvalue weighted by Crippen LogP contribution is -2.39. The fourth-order valence-corrected chi connectivity index (χ4v) is 4.67. The molecule has 1 aromatic carbocycles. The molecule has 8 heteroatoms. The number of carbonyl (C=O) groups is 1. The molecule has 7 nitrogen and oxygen atoms in total. The smallest absolute Gasteiger partial charge is 0.324 e. The number of thiazole rings is 1. The minimum absolute atomic E-state index is 0.0972. The number of hydrogen-bond acceptors (Lipinski definition) is 6. The Balaban J connectivity index is 1.57. The van der Waals surface area contributed by atoms with E-state index < -0.39 is 0 Å². The number of benzene rings is 1. The number of aromatic nitrogens is 1. The largest absolute Gasteiger partial charge is 0.493 e. The van der Waals surface area contributed by atoms with E-state index in [4.69, 9.17) is 14.5 Å². The van der Waals surface area contributed by atoms with Crippen LogP contribution in [0.3, 0.4) is 0 Å². The first-order valence-electron chi connectivity index (χ1n) is 7.63. The number of nitrogens with one attached hydrogen (secondary N) is 1. The second kappa shape index (κ2) is 4.80. The third-order valence-corrected chi connectivity index (χ3v) is 5.76. The van der Waals surface area contributed by atoms with Gasteiger partial charge in [0.1, 0.15) is 11.9 Å². The Morgan fingerprint density at radius 3 is 3.26 bits per heavy atom. The summed E-state index contributed by atoms with van der Waals surface area (Å²) in [5.74, 6) is 0.891. The highest BCUT2D eigenvalue weighted by Gasteiger charge is 2.50. The molecule has 0 bridgehead atoms. The lowest BCUT2D eigenvalue weighted by molar-refractivity contribution is 0.0481. The molecule has 120 valence electrons. The van der Waals surface area contributed by atoms with Crippen molar-refractivity contribution in [1.29, 1.82) is 0 Å². The van der Waals surface area contributed by atoms with Crippen LogP contribution in [0.15, 0.2) is 12.1 Å². The summed E-state index contributed by atoms with van der Waals surface area (Å²) in [6.45, 7) is 0.994. The monoisotopic (exact) mass is 333 g/mol. The summed E-state index contributed by atoms with van der Waals surface area (Å²) in [6, 6.07) is 3.49. The van der Waals surface area contributed by atoms with Gasteiger partial charge >= 0.3 is 6.03 Å². The molecule has 2 amide bonds. The zero-order valence-corrected chi connectivity index (χ0v) is 13.0. The van der Waals surface area contributed by atoms with Crippen LogP contribution in [0.1, 0.15) is 5.56 Å². The minimum atomic E-state index is -0.346. The molecule has 1 aromatic heterocycles. The van der Waals surface area contributed by atoms with E-state index in [1.165, 1.54) is 11.3 Å². The third kappa shape index (κ3) is 1.82. The second-order valence-corrected chi connectivity index (χ2v) is 6.96. The van der Waals surface area contributed by atoms with E-state index in [0.717, 1.165) is 28.0 Å². The topological polar surface area (TPSA) is 83.9 Å². The summed E-state index contributed by atoms with van der Waals surface area (Å²) in [5.41, 5.74) is 2.05. The van der Waals surface area contributed by atoms with Crippen molar-refractivity contribution in [2.45, 2.75) is 24.6 Å². The Hall–Kier alpha value is -1.90. The average Bonchev–Trinajstić information content (AvgIpc) is 3.27. The molecule has 0 saturated carbocycles. The van der Waals surface area contributed by atoms with Gasteiger partial charge in [0, 0.05) is 12.0 Å². The van der Waals surface area contributed by atoms with Crippen LogP contribution >= 0.6 is 11.3 Å². The Kier molecular flexibility index (Phi) is 2.82. The minimum Gasteiger partial charge on any atom is -0.493 e. The van der Waals surface area contributed by atoms with Crippen LogP contribution in [0.2, 0.25) is 0 Å². The zero-order chi connectivity index (χ0) is 15.6. The normalized spacial score (nSPS) is 28.8. The molecular formula is C15H15N3O4S. The van der Waals surface area contributed by atoms with Crippen LogP contribution in [0, 0.1) is 0 Å². The maximum atomic E-state index is 12.4. The number of nitrogens with zero attached hydrogens (tertiary/aromatic N) is 2. The van der Waals surface area contributed by atoms with Crippen molar-refractivity contribution in [3.8, 4) is 5.75 Å². The van der Waals surface area contributed by atoms with Crippen molar-refractivity contribution in [3.05, 3.63) is 17.7 Å². The van der Waals surface area contributed by atoms with E-state index in [2.05, 4.69) is 5.32 Å². The van der Waals surface area contributed by atoms with Gasteiger partial charge in [-0.2, -0.15) is 0 Å². The van der Waals surface area contributed by atoms with Crippen LogP contribution in [0.5, 0.6) is 5.75 Å². The zero-order valence-electron chi connectivity index (χ0n) is 12.2. The first-order chi connectivity index (χ1) is 11.3. The van der Waals surface area contributed by atoms with E-state index in [1.54, 1.807) is 4.90 Å². The number of anilines is 1. The molecule has 5 rings (SSSR count). The van der Waals surface area contributed by atoms with Gasteiger partial charge in [-0.3, -0.25) is 4.90 Å². The first-order valence-corrected chi connectivity index (χ1v) is 8.45. The highest BCUT2D eigenvalue weighted by atomic mass is 32.1. The molecule has 0 aliphatic carbocycles. The van der Waals surface area contributed by atoms with Crippen LogP contribution < -0.4 is 15.0 Å². The van der Waals surface area contributed by atoms with Crippen molar-refractivity contribution in [2.75, 3.05) is 24.7 Å². The molecule has 2 N–H and O–H groups in total. The van der Waals surface area contributed by atoms with Gasteiger partial charge in [-0.15, -0.1) is 0 Å². The fourth-order valence-electron chi connectivity index (χ4n) is 3.62. The van der Waals surface area contributed by atoms with Crippen LogP contribution in [-0.2, 0) is 11.2 Å². The summed E-state index contributed by atoms with van der Waals surface area (Å²) in [5, 5.41) is 12.9. The lowest BCUT2D eigenvalue weighted by Gasteiger charge is -2.17. The summed E-state index contributed by atoms with van der Waals surface area (Å²) in [4.78, 5) is 18.8. The molecule has 2 aromatic rings. The third-order valence-electron chi connectivity index (χ3n) is 4.74. The highest BCUT2D eigenvalue weighted by molar-refractivity contribution is 7.22. The molecule has 3 atom stereocenters. The van der Waals surface area contributed by atoms with Crippen LogP contribution in [0.25, 0.3) is 10.2 Å². The Bertz CT molecular complexity index is 807. The Labute approximate surface area is 135 Å². The number of aliphatic hydroxyl groups is 1. The van der Waals surface area contributed by atoms with Gasteiger partial charge in [0.05, 0.1) is 42.1 Å². The summed E-state index contributed by atoms with van der Waals surface area (Å²) < 4.78 is 12.2. The van der Waals surface area contributed by atoms with E-state index >= 15 is 0 Å². The standard InChI is InChI=1S/C15H15N3O4S/c19-5-10-13-8(6-22-10)18(14(20)16-13)15-17-12-7-3-4-21-9(7)1-2-11(12)23-15/h1-2,8,10,13,19H,3-6H2,(H,16,20)/t8-,10-,13-/m1/s1.